The Labute approximate surface area is 192 Å². The van der Waals surface area contributed by atoms with Gasteiger partial charge < -0.3 is 14.6 Å². The van der Waals surface area contributed by atoms with Crippen LogP contribution in [0.5, 0.6) is 11.5 Å². The monoisotopic (exact) mass is 439 g/mol. The van der Waals surface area contributed by atoms with Gasteiger partial charge in [-0.2, -0.15) is 0 Å². The fraction of sp³-hybridized carbons (Fsp3) is 0.519. The number of hydrogen-bond donors (Lipinski definition) is 1. The lowest BCUT2D eigenvalue weighted by molar-refractivity contribution is 0.0895. The number of likely N-dealkylation sites (tertiary alicyclic amines) is 1. The molecule has 0 spiro atoms. The zero-order valence-electron chi connectivity index (χ0n) is 19.8. The molecule has 1 heterocycles. The van der Waals surface area contributed by atoms with Crippen molar-refractivity contribution in [3.05, 3.63) is 59.2 Å². The van der Waals surface area contributed by atoms with Crippen LogP contribution in [0.25, 0.3) is 0 Å². The van der Waals surface area contributed by atoms with E-state index in [-0.39, 0.29) is 17.8 Å². The van der Waals surface area contributed by atoms with Crippen LogP contribution >= 0.6 is 0 Å². The minimum atomic E-state index is 0.0749. The fourth-order valence-corrected chi connectivity index (χ4v) is 4.90. The predicted octanol–water partition coefficient (Wildman–Crippen LogP) is 4.75. The molecule has 4 rings (SSSR count). The second-order valence-electron chi connectivity index (χ2n) is 9.03. The largest absolute Gasteiger partial charge is 0.493 e. The highest BCUT2D eigenvalue weighted by molar-refractivity contribution is 6.02. The summed E-state index contributed by atoms with van der Waals surface area (Å²) in [5.74, 6) is 2.42. The Morgan fingerprint density at radius 2 is 1.75 bits per heavy atom. The molecular weight excluding hydrogens is 402 g/mol. The van der Waals surface area contributed by atoms with E-state index >= 15 is 0 Å². The smallest absolute Gasteiger partial charge is 0.166 e. The van der Waals surface area contributed by atoms with Crippen LogP contribution in [0.1, 0.15) is 54.6 Å². The summed E-state index contributed by atoms with van der Waals surface area (Å²) in [6.07, 6.45) is 4.26. The van der Waals surface area contributed by atoms with Crippen LogP contribution in [0.3, 0.4) is 0 Å². The van der Waals surface area contributed by atoms with Gasteiger partial charge in [-0.1, -0.05) is 30.3 Å². The first-order valence-corrected chi connectivity index (χ1v) is 11.7. The Kier molecular flexibility index (Phi) is 8.71. The standard InChI is InChI=1S/C26H33NO3.CH4O/c1-18(2)30-25-15-21-14-22(26(28)23(21)16-24(25)29-3)13-19-9-11-27(12-10-19)17-20-7-5-4-6-8-20;1-2/h4-8,15-16,18-19,22H,9-14,17H2,1-3H3;2H,1H3. The van der Waals surface area contributed by atoms with Gasteiger partial charge in [0.1, 0.15) is 0 Å². The maximum Gasteiger partial charge on any atom is 0.166 e. The first-order valence-electron chi connectivity index (χ1n) is 11.7. The number of ketones is 1. The molecule has 1 aliphatic heterocycles. The molecule has 0 saturated carbocycles. The zero-order chi connectivity index (χ0) is 23.1. The highest BCUT2D eigenvalue weighted by Gasteiger charge is 2.34. The number of rotatable bonds is 7. The molecular formula is C27H37NO4. The van der Waals surface area contributed by atoms with Gasteiger partial charge in [-0.05, 0) is 81.8 Å². The number of benzene rings is 2. The van der Waals surface area contributed by atoms with Gasteiger partial charge in [0.05, 0.1) is 13.2 Å². The third kappa shape index (κ3) is 5.90. The number of methoxy groups -OCH3 is 1. The van der Waals surface area contributed by atoms with Gasteiger partial charge in [0.2, 0.25) is 0 Å². The lowest BCUT2D eigenvalue weighted by Crippen LogP contribution is -2.34. The van der Waals surface area contributed by atoms with Gasteiger partial charge >= 0.3 is 0 Å². The third-order valence-corrected chi connectivity index (χ3v) is 6.43. The van der Waals surface area contributed by atoms with E-state index in [9.17, 15) is 4.79 Å². The summed E-state index contributed by atoms with van der Waals surface area (Å²) in [7, 11) is 2.63. The molecule has 1 unspecified atom stereocenters. The van der Waals surface area contributed by atoms with Crippen molar-refractivity contribution in [1.29, 1.82) is 0 Å². The summed E-state index contributed by atoms with van der Waals surface area (Å²) in [5.41, 5.74) is 3.32. The number of aliphatic hydroxyl groups excluding tert-OH is 1. The third-order valence-electron chi connectivity index (χ3n) is 6.43. The van der Waals surface area contributed by atoms with Gasteiger partial charge in [-0.25, -0.2) is 0 Å². The highest BCUT2D eigenvalue weighted by atomic mass is 16.5. The first kappa shape index (κ1) is 24.3. The van der Waals surface area contributed by atoms with Crippen molar-refractivity contribution in [2.75, 3.05) is 27.3 Å². The van der Waals surface area contributed by atoms with E-state index in [0.29, 0.717) is 11.7 Å². The molecule has 0 aromatic heterocycles. The van der Waals surface area contributed by atoms with Crippen molar-refractivity contribution in [2.24, 2.45) is 11.8 Å². The Balaban J connectivity index is 0.00000141. The number of nitrogens with zero attached hydrogens (tertiary/aromatic N) is 1. The molecule has 0 radical (unpaired) electrons. The van der Waals surface area contributed by atoms with E-state index in [4.69, 9.17) is 14.6 Å². The van der Waals surface area contributed by atoms with Crippen LogP contribution in [0.2, 0.25) is 0 Å². The molecule has 1 N–H and O–H groups in total. The topological polar surface area (TPSA) is 59.0 Å². The SMILES string of the molecule is CO.COc1cc2c(cc1OC(C)C)CC(CC1CCN(Cc3ccccc3)CC1)C2=O. The Bertz CT molecular complexity index is 873. The maximum absolute atomic E-state index is 13.1. The minimum Gasteiger partial charge on any atom is -0.493 e. The second kappa shape index (κ2) is 11.5. The van der Waals surface area contributed by atoms with E-state index < -0.39 is 0 Å². The van der Waals surface area contributed by atoms with Crippen molar-refractivity contribution in [2.45, 2.75) is 52.2 Å². The molecule has 0 amide bonds. The molecule has 32 heavy (non-hydrogen) atoms. The van der Waals surface area contributed by atoms with Gasteiger partial charge in [-0.15, -0.1) is 0 Å². The van der Waals surface area contributed by atoms with Crippen LogP contribution in [0, 0.1) is 11.8 Å². The highest BCUT2D eigenvalue weighted by Crippen LogP contribution is 2.40. The van der Waals surface area contributed by atoms with Crippen molar-refractivity contribution < 1.29 is 19.4 Å². The zero-order valence-corrected chi connectivity index (χ0v) is 19.8. The summed E-state index contributed by atoms with van der Waals surface area (Å²) < 4.78 is 11.4. The number of piperidine rings is 1. The summed E-state index contributed by atoms with van der Waals surface area (Å²) in [6.45, 7) is 7.27. The Hall–Kier alpha value is -2.37. The van der Waals surface area contributed by atoms with E-state index in [1.807, 2.05) is 26.0 Å². The molecule has 5 nitrogen and oxygen atoms in total. The number of carbonyl (C=O) groups is 1. The maximum atomic E-state index is 13.1. The minimum absolute atomic E-state index is 0.0749. The Morgan fingerprint density at radius 3 is 2.38 bits per heavy atom. The van der Waals surface area contributed by atoms with E-state index in [0.717, 1.165) is 56.5 Å². The molecule has 174 valence electrons. The molecule has 1 aliphatic carbocycles. The molecule has 2 aliphatic rings. The lowest BCUT2D eigenvalue weighted by atomic mass is 9.85. The first-order chi connectivity index (χ1) is 15.5. The molecule has 1 atom stereocenters. The average molecular weight is 440 g/mol. The number of hydrogen-bond acceptors (Lipinski definition) is 5. The quantitative estimate of drug-likeness (QED) is 0.675. The fourth-order valence-electron chi connectivity index (χ4n) is 4.90. The molecule has 1 saturated heterocycles. The molecule has 0 bridgehead atoms. The van der Waals surface area contributed by atoms with Crippen LogP contribution < -0.4 is 9.47 Å². The van der Waals surface area contributed by atoms with Crippen LogP contribution in [-0.2, 0) is 13.0 Å². The van der Waals surface area contributed by atoms with Crippen LogP contribution in [0.4, 0.5) is 0 Å². The number of aliphatic hydroxyl groups is 1. The van der Waals surface area contributed by atoms with Gasteiger partial charge in [0.15, 0.2) is 17.3 Å². The summed E-state index contributed by atoms with van der Waals surface area (Å²) >= 11 is 0. The number of fused-ring (bicyclic) bond motifs is 1. The second-order valence-corrected chi connectivity index (χ2v) is 9.03. The molecule has 2 aromatic carbocycles. The lowest BCUT2D eigenvalue weighted by Gasteiger charge is -2.32. The van der Waals surface area contributed by atoms with Crippen molar-refractivity contribution in [1.82, 2.24) is 4.90 Å². The number of Topliss-reactive ketones (excluding diaryl/α,β-unsaturated/α-hetero) is 1. The summed E-state index contributed by atoms with van der Waals surface area (Å²) in [4.78, 5) is 15.6. The van der Waals surface area contributed by atoms with Crippen molar-refractivity contribution in [3.8, 4) is 11.5 Å². The van der Waals surface area contributed by atoms with E-state index in [1.165, 1.54) is 18.4 Å². The van der Waals surface area contributed by atoms with E-state index in [2.05, 4.69) is 35.2 Å². The molecule has 5 heteroatoms. The normalized spacial score (nSPS) is 18.8. The molecule has 1 fully saturated rings. The van der Waals surface area contributed by atoms with Crippen molar-refractivity contribution >= 4 is 5.78 Å². The van der Waals surface area contributed by atoms with Gasteiger partial charge in [0.25, 0.3) is 0 Å². The van der Waals surface area contributed by atoms with Gasteiger partial charge in [-0.3, -0.25) is 9.69 Å². The molecule has 2 aromatic rings. The number of ether oxygens (including phenoxy) is 2. The van der Waals surface area contributed by atoms with E-state index in [1.54, 1.807) is 7.11 Å². The van der Waals surface area contributed by atoms with Crippen LogP contribution in [-0.4, -0.2) is 49.2 Å². The predicted molar refractivity (Wildman–Crippen MR) is 127 cm³/mol. The van der Waals surface area contributed by atoms with Gasteiger partial charge in [0, 0.05) is 25.1 Å². The number of carbonyl (C=O) groups excluding carboxylic acids is 1. The van der Waals surface area contributed by atoms with Crippen LogP contribution in [0.15, 0.2) is 42.5 Å². The Morgan fingerprint density at radius 1 is 1.06 bits per heavy atom. The summed E-state index contributed by atoms with van der Waals surface area (Å²) in [5, 5.41) is 7.00. The average Bonchev–Trinajstić information content (AvgIpc) is 3.10. The summed E-state index contributed by atoms with van der Waals surface area (Å²) in [6, 6.07) is 14.6. The van der Waals surface area contributed by atoms with Crippen molar-refractivity contribution in [3.63, 3.8) is 0 Å².